The lowest BCUT2D eigenvalue weighted by Crippen LogP contribution is -2.68. The number of anilines is 1. The second kappa shape index (κ2) is 16.4. The quantitative estimate of drug-likeness (QED) is 0.161. The Kier molecular flexibility index (Phi) is 11.8. The topological polar surface area (TPSA) is 93.7 Å². The van der Waals surface area contributed by atoms with E-state index >= 15 is 35.1 Å². The van der Waals surface area contributed by atoms with Crippen molar-refractivity contribution in [2.24, 2.45) is 0 Å². The highest BCUT2D eigenvalue weighted by molar-refractivity contribution is 9.10. The van der Waals surface area contributed by atoms with Gasteiger partial charge in [-0.3, -0.25) is 9.69 Å². The van der Waals surface area contributed by atoms with Gasteiger partial charge < -0.3 is 28.7 Å². The number of hydrogen-bond acceptors (Lipinski definition) is 8. The molecule has 0 radical (unpaired) electrons. The fourth-order valence-corrected chi connectivity index (χ4v) is 8.94. The summed E-state index contributed by atoms with van der Waals surface area (Å²) in [5, 5.41) is 0. The first-order chi connectivity index (χ1) is 29.0. The number of benzene rings is 3. The van der Waals surface area contributed by atoms with Crippen molar-refractivity contribution in [1.29, 1.82) is 0 Å². The molecular weight excluding hydrogens is 900 g/mol. The van der Waals surface area contributed by atoms with Crippen molar-refractivity contribution in [1.82, 2.24) is 14.8 Å². The molecule has 3 aromatic carbocycles. The third kappa shape index (κ3) is 8.43. The van der Waals surface area contributed by atoms with E-state index in [0.717, 1.165) is 22.8 Å². The maximum atomic E-state index is 16.9. The summed E-state index contributed by atoms with van der Waals surface area (Å²) < 4.78 is 145. The van der Waals surface area contributed by atoms with Gasteiger partial charge in [0.2, 0.25) is 12.0 Å². The van der Waals surface area contributed by atoms with Crippen LogP contribution in [-0.2, 0) is 24.0 Å². The van der Waals surface area contributed by atoms with Crippen LogP contribution in [0.4, 0.5) is 45.6 Å². The summed E-state index contributed by atoms with van der Waals surface area (Å²) in [5.41, 5.74) is -5.88. The Morgan fingerprint density at radius 1 is 0.903 bits per heavy atom. The van der Waals surface area contributed by atoms with Gasteiger partial charge in [0.25, 0.3) is 5.91 Å². The Morgan fingerprint density at radius 2 is 1.47 bits per heavy atom. The number of nitrogens with zero attached hydrogens (tertiary/aromatic N) is 4. The number of aromatic nitrogens is 1. The van der Waals surface area contributed by atoms with Gasteiger partial charge >= 0.3 is 18.4 Å². The molecule has 62 heavy (non-hydrogen) atoms. The van der Waals surface area contributed by atoms with E-state index in [9.17, 15) is 9.59 Å². The smallest absolute Gasteiger partial charge is 0.427 e. The first kappa shape index (κ1) is 44.7. The maximum absolute atomic E-state index is 16.9. The number of rotatable bonds is 8. The van der Waals surface area contributed by atoms with Crippen LogP contribution in [0.15, 0.2) is 59.1 Å². The number of carbonyl (C=O) groups excluding carboxylic acids is 2. The molecular formula is C43H41BrF8N4O6. The van der Waals surface area contributed by atoms with E-state index < -0.39 is 116 Å². The number of pyridine rings is 1. The van der Waals surface area contributed by atoms with Crippen molar-refractivity contribution >= 4 is 33.6 Å². The van der Waals surface area contributed by atoms with Gasteiger partial charge in [-0.1, -0.05) is 24.3 Å². The van der Waals surface area contributed by atoms with Crippen LogP contribution in [0.2, 0.25) is 0 Å². The molecule has 0 N–H and O–H groups in total. The Hall–Kier alpha value is -5.33. The van der Waals surface area contributed by atoms with Crippen LogP contribution in [0, 0.1) is 18.6 Å². The van der Waals surface area contributed by atoms with Crippen molar-refractivity contribution < 1.29 is 63.7 Å². The fraction of sp³-hybridized carbons (Fsp3) is 0.419. The highest BCUT2D eigenvalue weighted by Gasteiger charge is 2.62. The lowest BCUT2D eigenvalue weighted by Gasteiger charge is -2.48. The Balaban J connectivity index is 1.39. The number of hydrogen-bond donors (Lipinski definition) is 0. The van der Waals surface area contributed by atoms with Crippen molar-refractivity contribution in [2.45, 2.75) is 95.8 Å². The first-order valence-electron chi connectivity index (χ1n) is 19.4. The van der Waals surface area contributed by atoms with Crippen molar-refractivity contribution in [2.75, 3.05) is 25.7 Å². The molecule has 2 saturated heterocycles. The van der Waals surface area contributed by atoms with Gasteiger partial charge in [-0.15, -0.1) is 0 Å². The zero-order chi connectivity index (χ0) is 45.2. The molecule has 7 rings (SSSR count). The number of piperazine rings is 1. The van der Waals surface area contributed by atoms with Crippen LogP contribution in [0.5, 0.6) is 17.4 Å². The molecule has 4 atom stereocenters. The molecule has 3 aliphatic heterocycles. The number of fused-ring (bicyclic) bond motifs is 5. The monoisotopic (exact) mass is 940 g/mol. The molecule has 0 spiro atoms. The lowest BCUT2D eigenvalue weighted by atomic mass is 9.95. The van der Waals surface area contributed by atoms with Crippen LogP contribution in [0.1, 0.15) is 66.2 Å². The number of halogens is 9. The third-order valence-electron chi connectivity index (χ3n) is 11.1. The maximum Gasteiger partial charge on any atom is 0.427 e. The first-order valence-corrected chi connectivity index (χ1v) is 20.2. The number of alkyl halides is 6. The van der Waals surface area contributed by atoms with E-state index in [-0.39, 0.29) is 25.9 Å². The summed E-state index contributed by atoms with van der Waals surface area (Å²) in [6.07, 6.45) is -14.1. The molecule has 2 amide bonds. The van der Waals surface area contributed by atoms with Gasteiger partial charge in [0.15, 0.2) is 5.82 Å². The van der Waals surface area contributed by atoms with Gasteiger partial charge in [-0.05, 0) is 103 Å². The number of ether oxygens (including phenoxy) is 4. The summed E-state index contributed by atoms with van der Waals surface area (Å²) in [6, 6.07) is 10.0. The molecule has 3 aliphatic rings. The molecule has 0 unspecified atom stereocenters. The third-order valence-corrected chi connectivity index (χ3v) is 11.9. The number of methoxy groups -OCH3 is 2. The molecule has 4 heterocycles. The lowest BCUT2D eigenvalue weighted by molar-refractivity contribution is -0.217. The second-order valence-corrected chi connectivity index (χ2v) is 17.1. The van der Waals surface area contributed by atoms with Gasteiger partial charge in [0.1, 0.15) is 34.2 Å². The molecule has 0 saturated carbocycles. The summed E-state index contributed by atoms with van der Waals surface area (Å²) >= 11 is 2.96. The molecule has 19 heteroatoms. The minimum absolute atomic E-state index is 0.0228. The van der Waals surface area contributed by atoms with Gasteiger partial charge in [0.05, 0.1) is 48.1 Å². The van der Waals surface area contributed by atoms with E-state index in [2.05, 4.69) is 20.9 Å². The number of amides is 2. The molecule has 2 bridgehead atoms. The predicted molar refractivity (Wildman–Crippen MR) is 213 cm³/mol. The predicted octanol–water partition coefficient (Wildman–Crippen LogP) is 10.3. The van der Waals surface area contributed by atoms with Gasteiger partial charge in [-0.25, -0.2) is 18.6 Å². The Morgan fingerprint density at radius 3 is 1.97 bits per heavy atom. The van der Waals surface area contributed by atoms with Crippen LogP contribution < -0.4 is 19.1 Å². The molecule has 4 aromatic rings. The highest BCUT2D eigenvalue weighted by atomic mass is 79.9. The molecule has 10 nitrogen and oxygen atoms in total. The second-order valence-electron chi connectivity index (χ2n) is 16.3. The standard InChI is InChI=1S/C43H41BrF8N4O6/c1-21-31(42(47,48)49)27(17-29(33(21)45)54(18-22-7-12-25(59-5)13-8-22)19-23-9-14-26(60-6)15-10-23)35-34(46)32(44)30-38(53-35)61-37(43(50,51)52)36-28-16-11-24(20-55(36)39(30)57)56(28)40(58)62-41(2,3)4/h7-10,12-15,17,24,28,36-37H,11,16,18-20H2,1-6H3/t24-,28+,36+,37-/m1/s1. The summed E-state index contributed by atoms with van der Waals surface area (Å²) in [4.78, 5) is 35.1. The van der Waals surface area contributed by atoms with Crippen molar-refractivity contribution in [3.05, 3.63) is 98.5 Å². The van der Waals surface area contributed by atoms with E-state index in [1.54, 1.807) is 69.3 Å². The normalized spacial score (nSPS) is 20.0. The Bertz CT molecular complexity index is 2320. The summed E-state index contributed by atoms with van der Waals surface area (Å²) in [5.74, 6) is -4.11. The van der Waals surface area contributed by atoms with E-state index in [1.165, 1.54) is 19.1 Å². The zero-order valence-electron chi connectivity index (χ0n) is 34.2. The van der Waals surface area contributed by atoms with Crippen molar-refractivity contribution in [3.8, 4) is 28.6 Å². The summed E-state index contributed by atoms with van der Waals surface area (Å²) in [6.45, 7) is 5.01. The summed E-state index contributed by atoms with van der Waals surface area (Å²) in [7, 11) is 2.92. The fourth-order valence-electron chi connectivity index (χ4n) is 8.41. The molecule has 332 valence electrons. The van der Waals surface area contributed by atoms with E-state index in [4.69, 9.17) is 18.9 Å². The van der Waals surface area contributed by atoms with Crippen LogP contribution >= 0.6 is 15.9 Å². The highest BCUT2D eigenvalue weighted by Crippen LogP contribution is 2.49. The SMILES string of the molecule is COc1ccc(CN(Cc2ccc(OC)cc2)c2cc(-c3nc4c(c(Br)c3F)C(=O)N3C[C@H]5CC[C@@H]([C@H]3[C@H](C(F)(F)F)O4)N5C(=O)OC(C)(C)C)c(C(F)(F)F)c(C)c2F)cc1. The molecule has 2 fully saturated rings. The minimum atomic E-state index is -5.35. The average molecular weight is 942 g/mol. The van der Waals surface area contributed by atoms with Crippen molar-refractivity contribution in [3.63, 3.8) is 0 Å². The largest absolute Gasteiger partial charge is 0.497 e. The molecule has 0 aliphatic carbocycles. The molecule has 1 aromatic heterocycles. The Labute approximate surface area is 359 Å². The zero-order valence-corrected chi connectivity index (χ0v) is 35.8. The van der Waals surface area contributed by atoms with Crippen LogP contribution in [0.3, 0.4) is 0 Å². The minimum Gasteiger partial charge on any atom is -0.497 e. The van der Waals surface area contributed by atoms with E-state index in [0.29, 0.717) is 22.6 Å². The number of carbonyl (C=O) groups is 2. The van der Waals surface area contributed by atoms with Gasteiger partial charge in [0, 0.05) is 25.2 Å². The van der Waals surface area contributed by atoms with E-state index in [1.807, 2.05) is 0 Å². The van der Waals surface area contributed by atoms with Crippen LogP contribution in [-0.4, -0.2) is 83.6 Å². The van der Waals surface area contributed by atoms with Gasteiger partial charge in [-0.2, -0.15) is 26.3 Å². The average Bonchev–Trinajstić information content (AvgIpc) is 3.45. The van der Waals surface area contributed by atoms with Crippen LogP contribution in [0.25, 0.3) is 11.3 Å².